The topological polar surface area (TPSA) is 71.9 Å². The van der Waals surface area contributed by atoms with Gasteiger partial charge < -0.3 is 19.5 Å². The van der Waals surface area contributed by atoms with E-state index in [0.717, 1.165) is 16.1 Å². The summed E-state index contributed by atoms with van der Waals surface area (Å²) in [6.07, 6.45) is 0. The zero-order valence-electron chi connectivity index (χ0n) is 18.9. The summed E-state index contributed by atoms with van der Waals surface area (Å²) in [5.74, 6) is 1.14. The zero-order chi connectivity index (χ0) is 23.8. The second-order valence-electron chi connectivity index (χ2n) is 7.68. The molecule has 0 atom stereocenters. The molecule has 0 bridgehead atoms. The highest BCUT2D eigenvalue weighted by Gasteiger charge is 2.18. The monoisotopic (exact) mass is 474 g/mol. The zero-order valence-corrected chi connectivity index (χ0v) is 19.7. The van der Waals surface area contributed by atoms with E-state index >= 15 is 0 Å². The molecular weight excluding hydrogens is 448 g/mol. The van der Waals surface area contributed by atoms with Gasteiger partial charge in [-0.05, 0) is 35.4 Å². The van der Waals surface area contributed by atoms with E-state index in [1.165, 1.54) is 11.3 Å². The van der Waals surface area contributed by atoms with Crippen molar-refractivity contribution >= 4 is 17.2 Å². The molecule has 7 heteroatoms. The number of aliphatic hydroxyl groups is 1. The van der Waals surface area contributed by atoms with Gasteiger partial charge in [0.2, 0.25) is 0 Å². The Labute approximate surface area is 203 Å². The number of rotatable bonds is 10. The van der Waals surface area contributed by atoms with Crippen LogP contribution in [0.15, 0.2) is 84.2 Å². The van der Waals surface area contributed by atoms with Crippen molar-refractivity contribution in [3.63, 3.8) is 0 Å². The molecule has 0 fully saturated rings. The highest BCUT2D eigenvalue weighted by molar-refractivity contribution is 7.09. The highest BCUT2D eigenvalue weighted by Crippen LogP contribution is 2.30. The SMILES string of the molecule is COc1ccc(CN(Cc2ccccc2)C(=O)c2ccccc2)cc1OCc1nc(CO)cs1. The van der Waals surface area contributed by atoms with Crippen molar-refractivity contribution in [1.82, 2.24) is 9.88 Å². The number of aliphatic hydroxyl groups excluding tert-OH is 1. The lowest BCUT2D eigenvalue weighted by Gasteiger charge is -2.24. The molecule has 1 amide bonds. The molecule has 0 spiro atoms. The van der Waals surface area contributed by atoms with Gasteiger partial charge in [-0.2, -0.15) is 0 Å². The number of ether oxygens (including phenoxy) is 2. The van der Waals surface area contributed by atoms with Crippen LogP contribution < -0.4 is 9.47 Å². The predicted octanol–water partition coefficient (Wildman–Crippen LogP) is 5.07. The average Bonchev–Trinajstić information content (AvgIpc) is 3.36. The van der Waals surface area contributed by atoms with Crippen LogP contribution in [0.1, 0.15) is 32.2 Å². The Kier molecular flexibility index (Phi) is 7.91. The van der Waals surface area contributed by atoms with E-state index in [1.54, 1.807) is 7.11 Å². The fraction of sp³-hybridized carbons (Fsp3) is 0.185. The van der Waals surface area contributed by atoms with Gasteiger partial charge >= 0.3 is 0 Å². The van der Waals surface area contributed by atoms with Crippen LogP contribution in [-0.4, -0.2) is 28.0 Å². The number of nitrogens with zero attached hydrogens (tertiary/aromatic N) is 2. The highest BCUT2D eigenvalue weighted by atomic mass is 32.1. The molecule has 0 unspecified atom stereocenters. The van der Waals surface area contributed by atoms with Crippen molar-refractivity contribution in [3.8, 4) is 11.5 Å². The van der Waals surface area contributed by atoms with E-state index in [0.29, 0.717) is 35.8 Å². The minimum Gasteiger partial charge on any atom is -0.493 e. The van der Waals surface area contributed by atoms with Crippen LogP contribution in [0.25, 0.3) is 0 Å². The largest absolute Gasteiger partial charge is 0.493 e. The van der Waals surface area contributed by atoms with E-state index in [1.807, 2.05) is 89.1 Å². The van der Waals surface area contributed by atoms with Crippen LogP contribution in [0.3, 0.4) is 0 Å². The van der Waals surface area contributed by atoms with Crippen molar-refractivity contribution in [1.29, 1.82) is 0 Å². The second kappa shape index (κ2) is 11.4. The number of hydrogen-bond donors (Lipinski definition) is 1. The molecule has 3 aromatic carbocycles. The summed E-state index contributed by atoms with van der Waals surface area (Å²) >= 11 is 1.43. The maximum Gasteiger partial charge on any atom is 0.254 e. The van der Waals surface area contributed by atoms with Crippen LogP contribution in [0.2, 0.25) is 0 Å². The van der Waals surface area contributed by atoms with Crippen LogP contribution in [0.4, 0.5) is 0 Å². The molecule has 0 aliphatic carbocycles. The summed E-state index contributed by atoms with van der Waals surface area (Å²) in [6.45, 7) is 1.07. The van der Waals surface area contributed by atoms with E-state index < -0.39 is 0 Å². The van der Waals surface area contributed by atoms with Gasteiger partial charge in [0, 0.05) is 24.0 Å². The first-order valence-corrected chi connectivity index (χ1v) is 11.8. The van der Waals surface area contributed by atoms with Gasteiger partial charge in [-0.1, -0.05) is 54.6 Å². The predicted molar refractivity (Wildman–Crippen MR) is 132 cm³/mol. The molecule has 174 valence electrons. The lowest BCUT2D eigenvalue weighted by Crippen LogP contribution is -2.30. The molecule has 6 nitrogen and oxygen atoms in total. The Bertz CT molecular complexity index is 1210. The molecule has 0 aliphatic heterocycles. The normalized spacial score (nSPS) is 10.6. The maximum absolute atomic E-state index is 13.3. The molecule has 0 saturated carbocycles. The first-order valence-electron chi connectivity index (χ1n) is 10.9. The standard InChI is InChI=1S/C27H26N2O4S/c1-32-24-13-12-21(14-25(24)33-18-26-28-23(17-30)19-34-26)16-29(15-20-8-4-2-5-9-20)27(31)22-10-6-3-7-11-22/h2-14,19,30H,15-18H2,1H3. The summed E-state index contributed by atoms with van der Waals surface area (Å²) in [4.78, 5) is 19.5. The molecule has 4 rings (SSSR count). The lowest BCUT2D eigenvalue weighted by molar-refractivity contribution is 0.0730. The Balaban J connectivity index is 1.56. The van der Waals surface area contributed by atoms with Crippen molar-refractivity contribution in [2.45, 2.75) is 26.3 Å². The van der Waals surface area contributed by atoms with Crippen LogP contribution >= 0.6 is 11.3 Å². The number of methoxy groups -OCH3 is 1. The van der Waals surface area contributed by atoms with Gasteiger partial charge in [-0.15, -0.1) is 11.3 Å². The van der Waals surface area contributed by atoms with Gasteiger partial charge in [0.15, 0.2) is 11.5 Å². The number of aromatic nitrogens is 1. The summed E-state index contributed by atoms with van der Waals surface area (Å²) in [5.41, 5.74) is 3.25. The molecule has 0 saturated heterocycles. The number of benzene rings is 3. The minimum absolute atomic E-state index is 0.0398. The average molecular weight is 475 g/mol. The second-order valence-corrected chi connectivity index (χ2v) is 8.62. The molecular formula is C27H26N2O4S. The third-order valence-corrected chi connectivity index (χ3v) is 6.11. The van der Waals surface area contributed by atoms with E-state index in [9.17, 15) is 9.90 Å². The number of carbonyl (C=O) groups excluding carboxylic acids is 1. The van der Waals surface area contributed by atoms with E-state index in [-0.39, 0.29) is 19.1 Å². The molecule has 34 heavy (non-hydrogen) atoms. The summed E-state index contributed by atoms with van der Waals surface area (Å²) < 4.78 is 11.5. The van der Waals surface area contributed by atoms with Gasteiger partial charge in [-0.25, -0.2) is 4.98 Å². The van der Waals surface area contributed by atoms with Crippen LogP contribution in [0, 0.1) is 0 Å². The number of amides is 1. The van der Waals surface area contributed by atoms with Gasteiger partial charge in [-0.3, -0.25) is 4.79 Å². The summed E-state index contributed by atoms with van der Waals surface area (Å²) in [6, 6.07) is 24.9. The fourth-order valence-corrected chi connectivity index (χ4v) is 4.24. The smallest absolute Gasteiger partial charge is 0.254 e. The molecule has 0 radical (unpaired) electrons. The maximum atomic E-state index is 13.3. The van der Waals surface area contributed by atoms with Crippen LogP contribution in [0.5, 0.6) is 11.5 Å². The Morgan fingerprint density at radius 1 is 0.941 bits per heavy atom. The van der Waals surface area contributed by atoms with Crippen molar-refractivity contribution in [2.24, 2.45) is 0 Å². The fourth-order valence-electron chi connectivity index (χ4n) is 3.55. The molecule has 1 N–H and O–H groups in total. The van der Waals surface area contributed by atoms with Gasteiger partial charge in [0.25, 0.3) is 5.91 Å². The van der Waals surface area contributed by atoms with Gasteiger partial charge in [0.05, 0.1) is 19.4 Å². The Hall–Kier alpha value is -3.68. The number of thiazole rings is 1. The van der Waals surface area contributed by atoms with Crippen molar-refractivity contribution < 1.29 is 19.4 Å². The summed E-state index contributed by atoms with van der Waals surface area (Å²) in [7, 11) is 1.59. The third kappa shape index (κ3) is 6.01. The van der Waals surface area contributed by atoms with Crippen LogP contribution in [-0.2, 0) is 26.3 Å². The number of hydrogen-bond acceptors (Lipinski definition) is 6. The third-order valence-electron chi connectivity index (χ3n) is 5.24. The molecule has 0 aliphatic rings. The quantitative estimate of drug-likeness (QED) is 0.348. The van der Waals surface area contributed by atoms with Crippen molar-refractivity contribution in [3.05, 3.63) is 112 Å². The molecule has 4 aromatic rings. The lowest BCUT2D eigenvalue weighted by atomic mass is 10.1. The van der Waals surface area contributed by atoms with Gasteiger partial charge in [0.1, 0.15) is 11.6 Å². The minimum atomic E-state index is -0.0952. The summed E-state index contributed by atoms with van der Waals surface area (Å²) in [5, 5.41) is 11.8. The van der Waals surface area contributed by atoms with Crippen molar-refractivity contribution in [2.75, 3.05) is 7.11 Å². The molecule has 1 aromatic heterocycles. The Morgan fingerprint density at radius 2 is 1.65 bits per heavy atom. The Morgan fingerprint density at radius 3 is 2.32 bits per heavy atom. The first-order chi connectivity index (χ1) is 16.7. The van der Waals surface area contributed by atoms with E-state index in [2.05, 4.69) is 4.98 Å². The first kappa shape index (κ1) is 23.5. The number of carbonyl (C=O) groups is 1. The van der Waals surface area contributed by atoms with E-state index in [4.69, 9.17) is 9.47 Å². The molecule has 1 heterocycles.